The number of aliphatic hydroxyl groups is 2. The Hall–Kier alpha value is -1.75. The molecule has 4 unspecified atom stereocenters. The predicted molar refractivity (Wildman–Crippen MR) is 170 cm³/mol. The molecule has 5 rings (SSSR count). The van der Waals surface area contributed by atoms with E-state index in [1.165, 1.54) is 36.0 Å². The van der Waals surface area contributed by atoms with Gasteiger partial charge in [-0.25, -0.2) is 0 Å². The molecule has 4 aliphatic carbocycles. The summed E-state index contributed by atoms with van der Waals surface area (Å²) in [5, 5.41) is 24.8. The molecule has 0 radical (unpaired) electrons. The Morgan fingerprint density at radius 2 is 1.67 bits per heavy atom. The normalized spacial score (nSPS) is 30.0. The number of allylic oxidation sites excluding steroid dienone is 3. The van der Waals surface area contributed by atoms with Crippen LogP contribution in [0.5, 0.6) is 0 Å². The molecule has 1 aromatic heterocycles. The summed E-state index contributed by atoms with van der Waals surface area (Å²) in [6.07, 6.45) is 20.8. The van der Waals surface area contributed by atoms with Gasteiger partial charge in [-0.1, -0.05) is 97.6 Å². The third-order valence-corrected chi connectivity index (χ3v) is 8.30. The molecule has 1 saturated carbocycles. The molecule has 0 saturated heterocycles. The lowest BCUT2D eigenvalue weighted by Gasteiger charge is -2.48. The van der Waals surface area contributed by atoms with Crippen molar-refractivity contribution in [3.05, 3.63) is 59.5 Å². The minimum atomic E-state index is -0.761. The standard InChI is InChI=1S/C24H29NO2.C4H10.C3H8.C2H7N.C2H6/c1-23-10-9-19-13-18-14-20(26)5-4-16(18)8-11-24(19,27)22(23)7-6-21(23)17-3-2-12-25-15-17;1-3-4-2;2*1-3-2;1-2/h2-3,6,9,12-13,15-16,20,22,26-27H,4-5,7-8,10-11,14H2,1H3;3-4H2,1-2H3;3H2,1-2H3;3H,1-2H3;1-2H3/t16?,20?,22?,23?,24-;;;;/m1..../s1. The van der Waals surface area contributed by atoms with Crippen LogP contribution in [0.25, 0.3) is 5.57 Å². The lowest BCUT2D eigenvalue weighted by molar-refractivity contribution is -0.0330. The van der Waals surface area contributed by atoms with E-state index >= 15 is 0 Å². The summed E-state index contributed by atoms with van der Waals surface area (Å²) in [5.74, 6) is 0.740. The zero-order valence-corrected chi connectivity index (χ0v) is 26.7. The topological polar surface area (TPSA) is 65.4 Å². The maximum absolute atomic E-state index is 12.0. The number of hydrogen-bond donors (Lipinski definition) is 3. The number of nitrogens with zero attached hydrogens (tertiary/aromatic N) is 1. The van der Waals surface area contributed by atoms with E-state index in [1.807, 2.05) is 46.4 Å². The Labute approximate surface area is 241 Å². The minimum absolute atomic E-state index is 0.0468. The fraction of sp³-hybridized carbons (Fsp3) is 0.686. The van der Waals surface area contributed by atoms with Crippen molar-refractivity contribution >= 4 is 5.57 Å². The maximum Gasteiger partial charge on any atom is 0.0933 e. The van der Waals surface area contributed by atoms with Crippen molar-refractivity contribution in [1.82, 2.24) is 10.3 Å². The number of nitrogens with one attached hydrogen (secondary N) is 1. The Kier molecular flexibility index (Phi) is 16.1. The van der Waals surface area contributed by atoms with Crippen LogP contribution in [0, 0.1) is 17.3 Å². The third kappa shape index (κ3) is 8.87. The van der Waals surface area contributed by atoms with Crippen LogP contribution in [0.4, 0.5) is 0 Å². The monoisotopic (exact) mass is 540 g/mol. The van der Waals surface area contributed by atoms with Crippen molar-refractivity contribution in [1.29, 1.82) is 0 Å². The largest absolute Gasteiger partial charge is 0.393 e. The van der Waals surface area contributed by atoms with Crippen LogP contribution in [-0.2, 0) is 0 Å². The fourth-order valence-corrected chi connectivity index (χ4v) is 6.28. The molecule has 1 heterocycles. The van der Waals surface area contributed by atoms with Crippen molar-refractivity contribution in [2.45, 2.75) is 124 Å². The zero-order valence-electron chi connectivity index (χ0n) is 26.7. The van der Waals surface area contributed by atoms with Crippen LogP contribution < -0.4 is 5.32 Å². The molecular weight excluding hydrogens is 480 g/mol. The van der Waals surface area contributed by atoms with Crippen molar-refractivity contribution in [3.8, 4) is 0 Å². The van der Waals surface area contributed by atoms with Gasteiger partial charge in [-0.05, 0) is 87.7 Å². The molecule has 3 N–H and O–H groups in total. The minimum Gasteiger partial charge on any atom is -0.393 e. The molecule has 0 amide bonds. The number of aromatic nitrogens is 1. The van der Waals surface area contributed by atoms with Gasteiger partial charge in [-0.3, -0.25) is 4.98 Å². The predicted octanol–water partition coefficient (Wildman–Crippen LogP) is 8.52. The molecule has 5 atom stereocenters. The molecule has 0 bridgehead atoms. The van der Waals surface area contributed by atoms with Crippen molar-refractivity contribution in [2.24, 2.45) is 17.3 Å². The average Bonchev–Trinajstić information content (AvgIpc) is 3.23. The van der Waals surface area contributed by atoms with E-state index in [2.05, 4.69) is 69.2 Å². The van der Waals surface area contributed by atoms with Crippen LogP contribution >= 0.6 is 0 Å². The number of fused-ring (bicyclic) bond motifs is 4. The lowest BCUT2D eigenvalue weighted by Crippen LogP contribution is -2.48. The van der Waals surface area contributed by atoms with Gasteiger partial charge in [-0.15, -0.1) is 0 Å². The molecule has 4 aliphatic rings. The summed E-state index contributed by atoms with van der Waals surface area (Å²) in [5.41, 5.74) is 4.19. The second-order valence-electron chi connectivity index (χ2n) is 11.5. The summed E-state index contributed by atoms with van der Waals surface area (Å²) in [6, 6.07) is 4.14. The third-order valence-electron chi connectivity index (χ3n) is 8.30. The molecule has 0 spiro atoms. The van der Waals surface area contributed by atoms with E-state index in [0.717, 1.165) is 50.5 Å². The van der Waals surface area contributed by atoms with Crippen LogP contribution in [-0.4, -0.2) is 41.0 Å². The summed E-state index contributed by atoms with van der Waals surface area (Å²) in [7, 11) is 3.75. The second-order valence-corrected chi connectivity index (χ2v) is 11.5. The van der Waals surface area contributed by atoms with Crippen molar-refractivity contribution in [3.63, 3.8) is 0 Å². The maximum atomic E-state index is 12.0. The lowest BCUT2D eigenvalue weighted by atomic mass is 9.58. The number of aliphatic hydroxyl groups excluding tert-OH is 1. The fourth-order valence-electron chi connectivity index (χ4n) is 6.28. The van der Waals surface area contributed by atoms with Gasteiger partial charge in [0.15, 0.2) is 0 Å². The molecule has 4 nitrogen and oxygen atoms in total. The van der Waals surface area contributed by atoms with E-state index in [4.69, 9.17) is 0 Å². The number of hydrogen-bond acceptors (Lipinski definition) is 4. The molecule has 1 fully saturated rings. The van der Waals surface area contributed by atoms with E-state index in [0.29, 0.717) is 5.92 Å². The van der Waals surface area contributed by atoms with Gasteiger partial charge in [0.1, 0.15) is 0 Å². The van der Waals surface area contributed by atoms with Crippen LogP contribution in [0.1, 0.15) is 118 Å². The van der Waals surface area contributed by atoms with Gasteiger partial charge in [0.2, 0.25) is 0 Å². The summed E-state index contributed by atoms with van der Waals surface area (Å²) < 4.78 is 0. The van der Waals surface area contributed by atoms with Crippen LogP contribution in [0.2, 0.25) is 0 Å². The molecule has 0 aromatic carbocycles. The Bertz CT molecular complexity index is 902. The average molecular weight is 541 g/mol. The first kappa shape index (κ1) is 35.3. The molecular formula is C35H60N2O2. The van der Waals surface area contributed by atoms with Crippen molar-refractivity contribution < 1.29 is 10.2 Å². The molecule has 0 aliphatic heterocycles. The first-order valence-corrected chi connectivity index (χ1v) is 15.8. The Morgan fingerprint density at radius 3 is 2.23 bits per heavy atom. The molecule has 39 heavy (non-hydrogen) atoms. The van der Waals surface area contributed by atoms with E-state index in [1.54, 1.807) is 0 Å². The van der Waals surface area contributed by atoms with Gasteiger partial charge >= 0.3 is 0 Å². The smallest absolute Gasteiger partial charge is 0.0933 e. The van der Waals surface area contributed by atoms with Crippen molar-refractivity contribution in [2.75, 3.05) is 14.1 Å². The summed E-state index contributed by atoms with van der Waals surface area (Å²) in [6.45, 7) is 14.9. The highest BCUT2D eigenvalue weighted by Gasteiger charge is 2.55. The first-order chi connectivity index (χ1) is 18.7. The van der Waals surface area contributed by atoms with E-state index < -0.39 is 5.60 Å². The molecule has 222 valence electrons. The zero-order chi connectivity index (χ0) is 29.5. The summed E-state index contributed by atoms with van der Waals surface area (Å²) in [4.78, 5) is 4.32. The SMILES string of the molecule is CC.CC12CC=C3C=C4CC(O)CCC4CC[C@]3(O)C1CC=C2c1cccnc1.CCC.CCCC.CNC. The van der Waals surface area contributed by atoms with Gasteiger partial charge < -0.3 is 15.5 Å². The highest BCUT2D eigenvalue weighted by molar-refractivity contribution is 5.73. The molecule has 1 aromatic rings. The second kappa shape index (κ2) is 17.8. The number of unbranched alkanes of at least 4 members (excludes halogenated alkanes) is 1. The van der Waals surface area contributed by atoms with Crippen LogP contribution in [0.3, 0.4) is 0 Å². The van der Waals surface area contributed by atoms with Crippen LogP contribution in [0.15, 0.2) is 53.9 Å². The Morgan fingerprint density at radius 1 is 1.03 bits per heavy atom. The van der Waals surface area contributed by atoms with E-state index in [-0.39, 0.29) is 17.4 Å². The Balaban J connectivity index is 0.000000547. The highest BCUT2D eigenvalue weighted by atomic mass is 16.3. The van der Waals surface area contributed by atoms with Gasteiger partial charge in [0.05, 0.1) is 11.7 Å². The number of pyridine rings is 1. The number of rotatable bonds is 2. The quantitative estimate of drug-likeness (QED) is 0.352. The first-order valence-electron chi connectivity index (χ1n) is 15.8. The highest BCUT2D eigenvalue weighted by Crippen LogP contribution is 2.61. The summed E-state index contributed by atoms with van der Waals surface area (Å²) >= 11 is 0. The van der Waals surface area contributed by atoms with E-state index in [9.17, 15) is 10.2 Å². The van der Waals surface area contributed by atoms with Gasteiger partial charge in [0.25, 0.3) is 0 Å². The van der Waals surface area contributed by atoms with Gasteiger partial charge in [-0.2, -0.15) is 0 Å². The van der Waals surface area contributed by atoms with Gasteiger partial charge in [0, 0.05) is 23.7 Å². The molecule has 4 heteroatoms.